The number of carboxylic acid groups (broad SMARTS) is 1. The second kappa shape index (κ2) is 37.6. The van der Waals surface area contributed by atoms with Crippen molar-refractivity contribution in [2.24, 2.45) is 5.92 Å². The Kier molecular flexibility index (Phi) is 27.9. The molecule has 0 spiro atoms. The Balaban J connectivity index is 0.000000224. The Morgan fingerprint density at radius 3 is 1.42 bits per heavy atom. The number of nitrogens with zero attached hydrogens (tertiary/aromatic N) is 17. The third-order valence-corrected chi connectivity index (χ3v) is 20.7. The molecule has 35 nitrogen and oxygen atoms in total. The molecule has 6 aromatic heterocycles. The minimum absolute atomic E-state index is 0. The van der Waals surface area contributed by atoms with Crippen molar-refractivity contribution in [1.29, 1.82) is 0 Å². The van der Waals surface area contributed by atoms with Crippen LogP contribution in [0.1, 0.15) is 46.8 Å². The van der Waals surface area contributed by atoms with Crippen molar-refractivity contribution in [3.8, 4) is 57.1 Å². The SMILES string of the molecule is C.COc1ncc(-c2cn(C3COCC(SC4OC(CO)C(O)C(n5cc(-c6cc(F)c(F)c(F)c6)nn5)C4OCC(=O)N4CCOCC4)C3O)nn2)cn1.COc1ncc(-c2cn(C3COCC(SC4OC(COC(C)=O)C(C)C(n5cc(-c6cc(F)c(F)c(F)c6)nn5)C4OCC(=O)O)C3O)nn2)cn1.[2H]CF. The number of hydrogen-bond acceptors (Lipinski definition) is 31. The van der Waals surface area contributed by atoms with Crippen LogP contribution in [0, 0.1) is 40.8 Å². The molecular weight excluding hydrogens is 1500 g/mol. The van der Waals surface area contributed by atoms with Crippen molar-refractivity contribution in [3.63, 3.8) is 0 Å². The fraction of sp³-hybridized carbons (Fsp3) is 0.523. The molecule has 0 saturated carbocycles. The van der Waals surface area contributed by atoms with Gasteiger partial charge in [-0.1, -0.05) is 35.2 Å². The maximum absolute atomic E-state index is 14.1. The summed E-state index contributed by atoms with van der Waals surface area (Å²) in [4.78, 5) is 54.6. The average Bonchev–Trinajstić information content (AvgIpc) is 1.33. The number of alkyl halides is 1. The summed E-state index contributed by atoms with van der Waals surface area (Å²) in [6.45, 7) is 2.62. The summed E-state index contributed by atoms with van der Waals surface area (Å²) in [5.74, 6) is -11.8. The first-order chi connectivity index (χ1) is 52.5. The number of aliphatic carboxylic acids is 1. The van der Waals surface area contributed by atoms with Crippen molar-refractivity contribution in [3.05, 3.63) is 109 Å². The summed E-state index contributed by atoms with van der Waals surface area (Å²) < 4.78 is 162. The van der Waals surface area contributed by atoms with Gasteiger partial charge in [-0.15, -0.1) is 43.9 Å². The van der Waals surface area contributed by atoms with Crippen LogP contribution in [0.5, 0.6) is 12.0 Å². The van der Waals surface area contributed by atoms with Gasteiger partial charge in [0.05, 0.1) is 129 Å². The van der Waals surface area contributed by atoms with Gasteiger partial charge in [-0.25, -0.2) is 69.8 Å². The van der Waals surface area contributed by atoms with Crippen molar-refractivity contribution in [2.45, 2.75) is 110 Å². The molecule has 44 heteroatoms. The lowest BCUT2D eigenvalue weighted by molar-refractivity contribution is -0.196. The minimum Gasteiger partial charge on any atom is -0.480 e. The number of carbonyl (C=O) groups is 3. The Bertz CT molecular complexity index is 4310. The molecule has 109 heavy (non-hydrogen) atoms. The molecular formula is C65H76F7N17O18S2. The van der Waals surface area contributed by atoms with Gasteiger partial charge in [-0.3, -0.25) is 14.0 Å². The summed E-state index contributed by atoms with van der Waals surface area (Å²) >= 11 is 2.20. The predicted molar refractivity (Wildman–Crippen MR) is 363 cm³/mol. The van der Waals surface area contributed by atoms with Gasteiger partial charge >= 0.3 is 24.0 Å². The molecule has 13 rings (SSSR count). The van der Waals surface area contributed by atoms with Crippen molar-refractivity contribution in [2.75, 3.05) is 101 Å². The van der Waals surface area contributed by atoms with Gasteiger partial charge in [0.2, 0.25) is 5.91 Å². The Labute approximate surface area is 625 Å². The van der Waals surface area contributed by atoms with Gasteiger partial charge in [0.1, 0.15) is 96.0 Å². The van der Waals surface area contributed by atoms with E-state index in [1.54, 1.807) is 24.2 Å². The number of carbonyl (C=O) groups excluding carboxylic acids is 2. The predicted octanol–water partition coefficient (Wildman–Crippen LogP) is 3.33. The lowest BCUT2D eigenvalue weighted by Gasteiger charge is -2.46. The maximum Gasteiger partial charge on any atom is 0.329 e. The number of morpholine rings is 1. The average molecular weight is 1580 g/mol. The molecule has 5 saturated heterocycles. The van der Waals surface area contributed by atoms with E-state index in [0.717, 1.165) is 47.8 Å². The standard InChI is InChI=1S/C32H36F3N9O9S.C31H33F3N8O9S.CH3F.CH4/c1-49-32-36-8-17(9-37-32)21-10-43(40-39-21)22-13-51-14-24(28(22)47)54-31-30(52-15-25(46)42-2-4-50-5-3-42)27(29(48)23(12-45)53-31)44-11-20(38-41-44)16-6-18(33)26(35)19(34)7-16;1-14-23(11-49-15(2)43)51-30(29(50-13-25(44)45)27(14)42-9-20(37-40-42)16-4-18(32)26(34)19(33)5-16)52-24-12-48-10-22(28(24)46)41-8-21(38-39-41)17-6-35-31(47-3)36-7-17;1-2;/h6-11,22-24,27-31,45,47-48H,2-5,12-15H2,1H3;4-9,14,22-24,27-30,46H,10-13H2,1-3H3,(H,44,45);1H3;1H4/i;;1D;. The summed E-state index contributed by atoms with van der Waals surface area (Å²) in [7, 11) is 1.89. The van der Waals surface area contributed by atoms with Crippen LogP contribution in [0.25, 0.3) is 45.0 Å². The number of hydrogen-bond donors (Lipinski definition) is 5. The highest BCUT2D eigenvalue weighted by atomic mass is 32.2. The zero-order valence-corrected chi connectivity index (χ0v) is 59.1. The second-order valence-corrected chi connectivity index (χ2v) is 27.3. The Hall–Kier alpha value is -9.06. The van der Waals surface area contributed by atoms with E-state index in [1.165, 1.54) is 77.1 Å². The van der Waals surface area contributed by atoms with Crippen LogP contribution in [0.3, 0.4) is 0 Å². The number of rotatable bonds is 23. The first-order valence-electron chi connectivity index (χ1n) is 33.6. The molecule has 5 aliphatic heterocycles. The number of methoxy groups -OCH3 is 2. The van der Waals surface area contributed by atoms with Crippen LogP contribution in [-0.2, 0) is 52.3 Å². The molecule has 1 amide bonds. The highest BCUT2D eigenvalue weighted by molar-refractivity contribution is 8.00. The van der Waals surface area contributed by atoms with E-state index in [2.05, 4.69) is 61.2 Å². The zero-order valence-electron chi connectivity index (χ0n) is 58.5. The number of amides is 1. The van der Waals surface area contributed by atoms with Crippen LogP contribution in [0.15, 0.2) is 73.8 Å². The number of esters is 1. The molecule has 0 radical (unpaired) electrons. The quantitative estimate of drug-likeness (QED) is 0.0348. The topological polar surface area (TPSA) is 422 Å². The van der Waals surface area contributed by atoms with Crippen LogP contribution >= 0.6 is 23.5 Å². The van der Waals surface area contributed by atoms with Crippen LogP contribution in [0.2, 0.25) is 0 Å². The zero-order chi connectivity index (χ0) is 77.7. The molecule has 11 heterocycles. The van der Waals surface area contributed by atoms with E-state index in [-0.39, 0.29) is 80.9 Å². The van der Waals surface area contributed by atoms with Crippen molar-refractivity contribution < 1.29 is 119 Å². The van der Waals surface area contributed by atoms with Crippen molar-refractivity contribution >= 4 is 41.4 Å². The van der Waals surface area contributed by atoms with Gasteiger partial charge in [0.15, 0.2) is 34.9 Å². The van der Waals surface area contributed by atoms with Crippen LogP contribution in [-0.4, -0.2) is 293 Å². The minimum atomic E-state index is -1.65. The van der Waals surface area contributed by atoms with E-state index in [4.69, 9.17) is 48.7 Å². The summed E-state index contributed by atoms with van der Waals surface area (Å²) in [5, 5.41) is 86.3. The first kappa shape index (κ1) is 80.9. The molecule has 5 fully saturated rings. The number of aliphatic hydroxyl groups is 4. The monoisotopic (exact) mass is 1580 g/mol. The largest absolute Gasteiger partial charge is 0.480 e. The summed E-state index contributed by atoms with van der Waals surface area (Å²) in [5.41, 5.74) is -0.389. The lowest BCUT2D eigenvalue weighted by Crippen LogP contribution is -2.57. The van der Waals surface area contributed by atoms with Gasteiger partial charge in [0.25, 0.3) is 0 Å². The Morgan fingerprint density at radius 1 is 0.587 bits per heavy atom. The van der Waals surface area contributed by atoms with Crippen LogP contribution < -0.4 is 9.47 Å². The summed E-state index contributed by atoms with van der Waals surface area (Å²) in [6.07, 6.45) is 3.97. The highest BCUT2D eigenvalue weighted by Gasteiger charge is 2.52. The number of halogens is 7. The smallest absolute Gasteiger partial charge is 0.329 e. The third kappa shape index (κ3) is 19.2. The van der Waals surface area contributed by atoms with E-state index < -0.39 is 168 Å². The summed E-state index contributed by atoms with van der Waals surface area (Å²) in [6, 6.07) is -0.0504. The fourth-order valence-electron chi connectivity index (χ4n) is 12.3. The molecule has 0 aliphatic carbocycles. The number of aliphatic hydroxyl groups excluding tert-OH is 4. The van der Waals surface area contributed by atoms with E-state index in [9.17, 15) is 70.6 Å². The molecule has 2 aromatic carbocycles. The number of thioether (sulfide) groups is 2. The molecule has 16 unspecified atom stereocenters. The maximum atomic E-state index is 14.1. The molecule has 16 atom stereocenters. The van der Waals surface area contributed by atoms with Gasteiger partial charge in [0, 0.05) is 73.0 Å². The van der Waals surface area contributed by atoms with Gasteiger partial charge < -0.3 is 77.8 Å². The van der Waals surface area contributed by atoms with E-state index >= 15 is 0 Å². The second-order valence-electron chi connectivity index (χ2n) is 24.6. The van der Waals surface area contributed by atoms with Crippen LogP contribution in [0.4, 0.5) is 30.7 Å². The van der Waals surface area contributed by atoms with Crippen molar-refractivity contribution in [1.82, 2.24) is 84.8 Å². The molecule has 0 bridgehead atoms. The molecule has 5 aliphatic rings. The third-order valence-electron chi connectivity index (χ3n) is 17.9. The molecule has 5 N–H and O–H groups in total. The number of ether oxygens (including phenoxy) is 10. The van der Waals surface area contributed by atoms with Gasteiger partial charge in [-0.05, 0) is 24.3 Å². The first-order valence-corrected chi connectivity index (χ1v) is 34.8. The number of benzene rings is 2. The lowest BCUT2D eigenvalue weighted by atomic mass is 9.89. The van der Waals surface area contributed by atoms with E-state index in [1.807, 2.05) is 0 Å². The fourth-order valence-corrected chi connectivity index (χ4v) is 15.3. The molecule has 8 aromatic rings. The highest BCUT2D eigenvalue weighted by Crippen LogP contribution is 2.45. The number of aromatic nitrogens is 16. The molecule has 590 valence electrons. The normalized spacial score (nSPS) is 26.3. The number of carboxylic acids is 1. The Morgan fingerprint density at radius 2 is 0.991 bits per heavy atom. The van der Waals surface area contributed by atoms with Gasteiger partial charge in [-0.2, -0.15) is 0 Å². The van der Waals surface area contributed by atoms with E-state index in [0.29, 0.717) is 48.8 Å².